The number of alkyl halides is 3. The number of benzene rings is 1. The molecule has 0 fully saturated rings. The summed E-state index contributed by atoms with van der Waals surface area (Å²) in [4.78, 5) is 0. The molecular formula is C8H4Cl3F3O. The minimum atomic E-state index is -4.82. The number of rotatable bonds is 1. The van der Waals surface area contributed by atoms with E-state index in [0.717, 1.165) is 12.1 Å². The number of aliphatic hydroxyl groups excluding tert-OH is 1. The topological polar surface area (TPSA) is 20.2 Å². The Morgan fingerprint density at radius 1 is 1.07 bits per heavy atom. The van der Waals surface area contributed by atoms with Gasteiger partial charge in [-0.05, 0) is 12.1 Å². The molecule has 0 aliphatic rings. The molecule has 0 aliphatic heterocycles. The van der Waals surface area contributed by atoms with Crippen molar-refractivity contribution in [1.82, 2.24) is 0 Å². The van der Waals surface area contributed by atoms with Gasteiger partial charge in [0.25, 0.3) is 0 Å². The quantitative estimate of drug-likeness (QED) is 0.815. The van der Waals surface area contributed by atoms with Crippen LogP contribution in [0.2, 0.25) is 15.1 Å². The molecule has 15 heavy (non-hydrogen) atoms. The van der Waals surface area contributed by atoms with E-state index in [-0.39, 0.29) is 15.1 Å². The Labute approximate surface area is 98.4 Å². The first-order chi connectivity index (χ1) is 6.73. The normalized spacial score (nSPS) is 14.1. The largest absolute Gasteiger partial charge is 0.418 e. The van der Waals surface area contributed by atoms with Gasteiger partial charge in [0.15, 0.2) is 6.10 Å². The minimum absolute atomic E-state index is 0.100. The standard InChI is InChI=1S/C8H4Cl3F3O/c9-3-1-4(10)6(5(11)2-3)7(15)8(12,13)14/h1-2,7,15H/t7-/m0/s1. The summed E-state index contributed by atoms with van der Waals surface area (Å²) in [5.41, 5.74) is -0.588. The monoisotopic (exact) mass is 278 g/mol. The van der Waals surface area contributed by atoms with E-state index in [9.17, 15) is 13.2 Å². The van der Waals surface area contributed by atoms with Crippen molar-refractivity contribution < 1.29 is 18.3 Å². The summed E-state index contributed by atoms with van der Waals surface area (Å²) in [5, 5.41) is 8.43. The molecule has 0 unspecified atom stereocenters. The first kappa shape index (κ1) is 12.9. The average molecular weight is 279 g/mol. The smallest absolute Gasteiger partial charge is 0.379 e. The minimum Gasteiger partial charge on any atom is -0.379 e. The lowest BCUT2D eigenvalue weighted by Gasteiger charge is -2.17. The zero-order valence-corrected chi connectivity index (χ0v) is 9.21. The van der Waals surface area contributed by atoms with E-state index in [1.54, 1.807) is 0 Å². The number of aliphatic hydroxyl groups is 1. The van der Waals surface area contributed by atoms with Crippen molar-refractivity contribution in [2.24, 2.45) is 0 Å². The third kappa shape index (κ3) is 2.91. The van der Waals surface area contributed by atoms with Gasteiger partial charge in [-0.15, -0.1) is 0 Å². The number of hydrogen-bond acceptors (Lipinski definition) is 1. The molecule has 1 aromatic carbocycles. The molecule has 0 radical (unpaired) electrons. The van der Waals surface area contributed by atoms with E-state index < -0.39 is 17.8 Å². The summed E-state index contributed by atoms with van der Waals surface area (Å²) in [6.45, 7) is 0. The molecule has 1 nitrogen and oxygen atoms in total. The Morgan fingerprint density at radius 3 is 1.80 bits per heavy atom. The van der Waals surface area contributed by atoms with Crippen LogP contribution in [-0.4, -0.2) is 11.3 Å². The highest BCUT2D eigenvalue weighted by Crippen LogP contribution is 2.40. The predicted octanol–water partition coefficient (Wildman–Crippen LogP) is 4.24. The van der Waals surface area contributed by atoms with Gasteiger partial charge in [0.1, 0.15) is 0 Å². The van der Waals surface area contributed by atoms with Crippen LogP contribution in [0.5, 0.6) is 0 Å². The Bertz CT molecular complexity index is 355. The Balaban J connectivity index is 3.26. The maximum atomic E-state index is 12.2. The van der Waals surface area contributed by atoms with E-state index in [4.69, 9.17) is 39.9 Å². The van der Waals surface area contributed by atoms with E-state index in [0.29, 0.717) is 0 Å². The number of halogens is 6. The van der Waals surface area contributed by atoms with Gasteiger partial charge in [-0.3, -0.25) is 0 Å². The summed E-state index contributed by atoms with van der Waals surface area (Å²) in [6.07, 6.45) is -7.53. The van der Waals surface area contributed by atoms with Gasteiger partial charge in [0.2, 0.25) is 0 Å². The van der Waals surface area contributed by atoms with Crippen LogP contribution in [0.1, 0.15) is 11.7 Å². The van der Waals surface area contributed by atoms with Gasteiger partial charge in [0, 0.05) is 20.6 Å². The van der Waals surface area contributed by atoms with Crippen LogP contribution in [0.3, 0.4) is 0 Å². The molecule has 0 saturated heterocycles. The van der Waals surface area contributed by atoms with Crippen LogP contribution < -0.4 is 0 Å². The first-order valence-electron chi connectivity index (χ1n) is 3.62. The third-order valence-corrected chi connectivity index (χ3v) is 2.47. The SMILES string of the molecule is O[C@@H](c1c(Cl)cc(Cl)cc1Cl)C(F)(F)F. The van der Waals surface area contributed by atoms with Crippen molar-refractivity contribution in [3.63, 3.8) is 0 Å². The summed E-state index contributed by atoms with van der Waals surface area (Å²) < 4.78 is 36.6. The number of hydrogen-bond donors (Lipinski definition) is 1. The average Bonchev–Trinajstić information content (AvgIpc) is 1.99. The van der Waals surface area contributed by atoms with Crippen molar-refractivity contribution in [3.05, 3.63) is 32.8 Å². The van der Waals surface area contributed by atoms with Crippen LogP contribution in [0.15, 0.2) is 12.1 Å². The second-order valence-electron chi connectivity index (χ2n) is 2.73. The van der Waals surface area contributed by atoms with Gasteiger partial charge in [-0.2, -0.15) is 13.2 Å². The zero-order chi connectivity index (χ0) is 11.8. The lowest BCUT2D eigenvalue weighted by molar-refractivity contribution is -0.206. The van der Waals surface area contributed by atoms with E-state index in [1.807, 2.05) is 0 Å². The maximum absolute atomic E-state index is 12.2. The highest BCUT2D eigenvalue weighted by Gasteiger charge is 2.41. The molecule has 7 heteroatoms. The molecule has 0 aliphatic carbocycles. The van der Waals surface area contributed by atoms with E-state index in [1.165, 1.54) is 0 Å². The molecule has 1 atom stereocenters. The van der Waals surface area contributed by atoms with Gasteiger partial charge in [-0.25, -0.2) is 0 Å². The second-order valence-corrected chi connectivity index (χ2v) is 3.98. The van der Waals surface area contributed by atoms with E-state index >= 15 is 0 Å². The second kappa shape index (κ2) is 4.37. The van der Waals surface area contributed by atoms with Gasteiger partial charge in [-0.1, -0.05) is 34.8 Å². The summed E-state index contributed by atoms with van der Waals surface area (Å²) in [6, 6.07) is 2.17. The fourth-order valence-corrected chi connectivity index (χ4v) is 2.00. The van der Waals surface area contributed by atoms with Crippen molar-refractivity contribution in [1.29, 1.82) is 0 Å². The van der Waals surface area contributed by atoms with Gasteiger partial charge < -0.3 is 5.11 Å². The predicted molar refractivity (Wildman–Crippen MR) is 52.5 cm³/mol. The van der Waals surface area contributed by atoms with Gasteiger partial charge >= 0.3 is 6.18 Å². The van der Waals surface area contributed by atoms with Crippen molar-refractivity contribution in [2.45, 2.75) is 12.3 Å². The van der Waals surface area contributed by atoms with Crippen LogP contribution >= 0.6 is 34.8 Å². The summed E-state index contributed by atoms with van der Waals surface area (Å²) >= 11 is 16.5. The van der Waals surface area contributed by atoms with Crippen molar-refractivity contribution in [3.8, 4) is 0 Å². The highest BCUT2D eigenvalue weighted by molar-refractivity contribution is 6.39. The third-order valence-electron chi connectivity index (χ3n) is 1.63. The molecule has 1 rings (SSSR count). The molecule has 0 spiro atoms. The lowest BCUT2D eigenvalue weighted by Crippen LogP contribution is -2.20. The van der Waals surface area contributed by atoms with Gasteiger partial charge in [0.05, 0.1) is 0 Å². The van der Waals surface area contributed by atoms with Crippen LogP contribution in [-0.2, 0) is 0 Å². The molecular weight excluding hydrogens is 275 g/mol. The molecule has 0 bridgehead atoms. The molecule has 0 amide bonds. The van der Waals surface area contributed by atoms with Crippen LogP contribution in [0.25, 0.3) is 0 Å². The summed E-state index contributed by atoms with van der Waals surface area (Å²) in [7, 11) is 0. The fourth-order valence-electron chi connectivity index (χ4n) is 0.978. The zero-order valence-electron chi connectivity index (χ0n) is 6.95. The summed E-state index contributed by atoms with van der Waals surface area (Å²) in [5.74, 6) is 0. The molecule has 1 aromatic rings. The maximum Gasteiger partial charge on any atom is 0.418 e. The van der Waals surface area contributed by atoms with Crippen molar-refractivity contribution >= 4 is 34.8 Å². The Morgan fingerprint density at radius 2 is 1.47 bits per heavy atom. The Kier molecular flexibility index (Phi) is 3.76. The molecule has 0 aromatic heterocycles. The van der Waals surface area contributed by atoms with E-state index in [2.05, 4.69) is 0 Å². The molecule has 84 valence electrons. The molecule has 0 heterocycles. The van der Waals surface area contributed by atoms with Crippen LogP contribution in [0.4, 0.5) is 13.2 Å². The highest BCUT2D eigenvalue weighted by atomic mass is 35.5. The lowest BCUT2D eigenvalue weighted by atomic mass is 10.1. The molecule has 1 N–H and O–H groups in total. The van der Waals surface area contributed by atoms with Crippen molar-refractivity contribution in [2.75, 3.05) is 0 Å². The van der Waals surface area contributed by atoms with Crippen LogP contribution in [0, 0.1) is 0 Å². The first-order valence-corrected chi connectivity index (χ1v) is 4.76. The molecule has 0 saturated carbocycles. The fraction of sp³-hybridized carbons (Fsp3) is 0.250. The Hall–Kier alpha value is -0.160.